The van der Waals surface area contributed by atoms with Crippen LogP contribution >= 0.6 is 22.9 Å². The number of halogens is 1. The van der Waals surface area contributed by atoms with Crippen molar-refractivity contribution in [2.45, 2.75) is 13.5 Å². The van der Waals surface area contributed by atoms with Gasteiger partial charge in [-0.3, -0.25) is 4.98 Å². The summed E-state index contributed by atoms with van der Waals surface area (Å²) in [5.74, 6) is 0. The Morgan fingerprint density at radius 3 is 2.87 bits per heavy atom. The Labute approximate surface area is 95.9 Å². The van der Waals surface area contributed by atoms with E-state index in [-0.39, 0.29) is 0 Å². The van der Waals surface area contributed by atoms with Crippen molar-refractivity contribution >= 4 is 22.9 Å². The lowest BCUT2D eigenvalue weighted by Gasteiger charge is -2.00. The number of rotatable bonds is 3. The summed E-state index contributed by atoms with van der Waals surface area (Å²) >= 11 is 7.12. The van der Waals surface area contributed by atoms with Gasteiger partial charge < -0.3 is 4.74 Å². The van der Waals surface area contributed by atoms with E-state index in [0.717, 1.165) is 10.7 Å². The fourth-order valence-electron chi connectivity index (χ4n) is 0.964. The molecule has 0 saturated heterocycles. The molecule has 6 heteroatoms. The molecule has 2 rings (SSSR count). The standard InChI is InChI=1S/C9H8ClN3OS/c1-6-12-13-9(15-6)14-5-8-3-2-7(10)4-11-8/h2-4H,5H2,1H3. The van der Waals surface area contributed by atoms with Crippen molar-refractivity contribution in [1.82, 2.24) is 15.2 Å². The smallest absolute Gasteiger partial charge is 0.294 e. The summed E-state index contributed by atoms with van der Waals surface area (Å²) in [7, 11) is 0. The Kier molecular flexibility index (Phi) is 3.13. The molecule has 2 aromatic rings. The molecule has 2 heterocycles. The number of ether oxygens (including phenoxy) is 1. The second kappa shape index (κ2) is 4.55. The molecule has 0 aliphatic heterocycles. The average molecular weight is 242 g/mol. The molecular weight excluding hydrogens is 234 g/mol. The quantitative estimate of drug-likeness (QED) is 0.828. The molecule has 0 amide bonds. The number of nitrogens with zero attached hydrogens (tertiary/aromatic N) is 3. The van der Waals surface area contributed by atoms with E-state index in [1.54, 1.807) is 12.3 Å². The first-order valence-corrected chi connectivity index (χ1v) is 5.47. The van der Waals surface area contributed by atoms with Gasteiger partial charge in [-0.1, -0.05) is 22.9 Å². The van der Waals surface area contributed by atoms with Crippen LogP contribution in [0.4, 0.5) is 0 Å². The Hall–Kier alpha value is -1.20. The first kappa shape index (κ1) is 10.3. The number of aryl methyl sites for hydroxylation is 1. The van der Waals surface area contributed by atoms with Gasteiger partial charge in [0.2, 0.25) is 0 Å². The Morgan fingerprint density at radius 1 is 1.40 bits per heavy atom. The van der Waals surface area contributed by atoms with E-state index in [0.29, 0.717) is 16.8 Å². The van der Waals surface area contributed by atoms with Gasteiger partial charge in [0.1, 0.15) is 11.6 Å². The molecule has 0 atom stereocenters. The van der Waals surface area contributed by atoms with Crippen LogP contribution in [0.25, 0.3) is 0 Å². The third-order valence-corrected chi connectivity index (χ3v) is 2.61. The summed E-state index contributed by atoms with van der Waals surface area (Å²) in [4.78, 5) is 4.10. The average Bonchev–Trinajstić information content (AvgIpc) is 2.64. The molecule has 0 spiro atoms. The lowest BCUT2D eigenvalue weighted by molar-refractivity contribution is 0.297. The van der Waals surface area contributed by atoms with Crippen molar-refractivity contribution in [3.05, 3.63) is 34.1 Å². The Bertz CT molecular complexity index is 443. The van der Waals surface area contributed by atoms with Gasteiger partial charge in [-0.2, -0.15) is 0 Å². The van der Waals surface area contributed by atoms with E-state index in [4.69, 9.17) is 16.3 Å². The number of hydrogen-bond donors (Lipinski definition) is 0. The first-order valence-electron chi connectivity index (χ1n) is 4.27. The van der Waals surface area contributed by atoms with Crippen LogP contribution in [0, 0.1) is 6.92 Å². The molecule has 0 N–H and O–H groups in total. The number of aromatic nitrogens is 3. The highest BCUT2D eigenvalue weighted by Gasteiger charge is 2.02. The SMILES string of the molecule is Cc1nnc(OCc2ccc(Cl)cn2)s1. The maximum atomic E-state index is 5.71. The lowest BCUT2D eigenvalue weighted by atomic mass is 10.4. The van der Waals surface area contributed by atoms with Crippen LogP contribution in [0.15, 0.2) is 18.3 Å². The monoisotopic (exact) mass is 241 g/mol. The van der Waals surface area contributed by atoms with Gasteiger partial charge in [0.05, 0.1) is 10.7 Å². The molecule has 0 aromatic carbocycles. The second-order valence-corrected chi connectivity index (χ2v) is 4.42. The second-order valence-electron chi connectivity index (χ2n) is 2.84. The topological polar surface area (TPSA) is 47.9 Å². The summed E-state index contributed by atoms with van der Waals surface area (Å²) in [6.45, 7) is 2.26. The molecule has 0 saturated carbocycles. The minimum Gasteiger partial charge on any atom is -0.462 e. The number of hydrogen-bond acceptors (Lipinski definition) is 5. The summed E-state index contributed by atoms with van der Waals surface area (Å²) < 4.78 is 5.39. The van der Waals surface area contributed by atoms with Gasteiger partial charge >= 0.3 is 0 Å². The zero-order valence-corrected chi connectivity index (χ0v) is 9.55. The fraction of sp³-hybridized carbons (Fsp3) is 0.222. The minimum atomic E-state index is 0.381. The first-order chi connectivity index (χ1) is 7.24. The molecule has 2 aromatic heterocycles. The van der Waals surface area contributed by atoms with Crippen LogP contribution in [-0.4, -0.2) is 15.2 Å². The summed E-state index contributed by atoms with van der Waals surface area (Å²) in [6, 6.07) is 3.59. The van der Waals surface area contributed by atoms with Gasteiger partial charge in [0, 0.05) is 6.20 Å². The molecular formula is C9H8ClN3OS. The molecule has 4 nitrogen and oxygen atoms in total. The maximum Gasteiger partial charge on any atom is 0.294 e. The zero-order valence-electron chi connectivity index (χ0n) is 7.98. The van der Waals surface area contributed by atoms with E-state index in [9.17, 15) is 0 Å². The molecule has 0 bridgehead atoms. The van der Waals surface area contributed by atoms with Crippen LogP contribution in [0.3, 0.4) is 0 Å². The van der Waals surface area contributed by atoms with Gasteiger partial charge in [0.15, 0.2) is 0 Å². The van der Waals surface area contributed by atoms with Crippen LogP contribution in [0.2, 0.25) is 5.02 Å². The molecule has 0 fully saturated rings. The molecule has 78 valence electrons. The van der Waals surface area contributed by atoms with Gasteiger partial charge in [-0.05, 0) is 19.1 Å². The lowest BCUT2D eigenvalue weighted by Crippen LogP contribution is -1.97. The highest BCUT2D eigenvalue weighted by molar-refractivity contribution is 7.12. The Morgan fingerprint density at radius 2 is 2.27 bits per heavy atom. The molecule has 0 unspecified atom stereocenters. The molecule has 0 aliphatic rings. The summed E-state index contributed by atoms with van der Waals surface area (Å²) in [5, 5.41) is 9.74. The summed E-state index contributed by atoms with van der Waals surface area (Å²) in [5.41, 5.74) is 0.812. The van der Waals surface area contributed by atoms with E-state index < -0.39 is 0 Å². The fourth-order valence-corrected chi connectivity index (χ4v) is 1.61. The van der Waals surface area contributed by atoms with Crippen LogP contribution in [-0.2, 0) is 6.61 Å². The van der Waals surface area contributed by atoms with Crippen molar-refractivity contribution in [1.29, 1.82) is 0 Å². The van der Waals surface area contributed by atoms with Crippen LogP contribution in [0.5, 0.6) is 5.19 Å². The molecule has 15 heavy (non-hydrogen) atoms. The maximum absolute atomic E-state index is 5.71. The minimum absolute atomic E-state index is 0.381. The number of pyridine rings is 1. The van der Waals surface area contributed by atoms with Crippen LogP contribution < -0.4 is 4.74 Å². The van der Waals surface area contributed by atoms with Crippen molar-refractivity contribution in [3.63, 3.8) is 0 Å². The molecule has 0 aliphatic carbocycles. The van der Waals surface area contributed by atoms with Gasteiger partial charge in [-0.25, -0.2) is 0 Å². The van der Waals surface area contributed by atoms with Crippen molar-refractivity contribution in [2.75, 3.05) is 0 Å². The third kappa shape index (κ3) is 2.87. The highest BCUT2D eigenvalue weighted by atomic mass is 35.5. The predicted octanol–water partition coefficient (Wildman–Crippen LogP) is 2.47. The van der Waals surface area contributed by atoms with Crippen molar-refractivity contribution < 1.29 is 4.74 Å². The van der Waals surface area contributed by atoms with E-state index in [2.05, 4.69) is 15.2 Å². The van der Waals surface area contributed by atoms with Crippen molar-refractivity contribution in [3.8, 4) is 5.19 Å². The third-order valence-electron chi connectivity index (χ3n) is 1.64. The summed E-state index contributed by atoms with van der Waals surface area (Å²) in [6.07, 6.45) is 1.59. The largest absolute Gasteiger partial charge is 0.462 e. The Balaban J connectivity index is 1.96. The van der Waals surface area contributed by atoms with Crippen LogP contribution in [0.1, 0.15) is 10.7 Å². The van der Waals surface area contributed by atoms with Gasteiger partial charge in [0.25, 0.3) is 5.19 Å². The van der Waals surface area contributed by atoms with E-state index in [1.807, 2.05) is 13.0 Å². The van der Waals surface area contributed by atoms with E-state index >= 15 is 0 Å². The highest BCUT2D eigenvalue weighted by Crippen LogP contribution is 2.17. The zero-order chi connectivity index (χ0) is 10.7. The van der Waals surface area contributed by atoms with Crippen molar-refractivity contribution in [2.24, 2.45) is 0 Å². The van der Waals surface area contributed by atoms with E-state index in [1.165, 1.54) is 11.3 Å². The van der Waals surface area contributed by atoms with Gasteiger partial charge in [-0.15, -0.1) is 10.2 Å². The molecule has 0 radical (unpaired) electrons. The normalized spacial score (nSPS) is 10.3. The predicted molar refractivity (Wildman–Crippen MR) is 58.2 cm³/mol.